The summed E-state index contributed by atoms with van der Waals surface area (Å²) >= 11 is 0. The van der Waals surface area contributed by atoms with E-state index in [1.165, 1.54) is 12.1 Å². The summed E-state index contributed by atoms with van der Waals surface area (Å²) in [5, 5.41) is 3.06. The molecule has 28 heavy (non-hydrogen) atoms. The lowest BCUT2D eigenvalue weighted by atomic mass is 10.0. The van der Waals surface area contributed by atoms with Crippen LogP contribution in [0.5, 0.6) is 0 Å². The first-order chi connectivity index (χ1) is 13.5. The fraction of sp³-hybridized carbons (Fsp3) is 0.391. The summed E-state index contributed by atoms with van der Waals surface area (Å²) in [6.45, 7) is 4.56. The van der Waals surface area contributed by atoms with Crippen molar-refractivity contribution >= 4 is 11.7 Å². The highest BCUT2D eigenvalue weighted by atomic mass is 19.1. The molecule has 148 valence electrons. The Morgan fingerprint density at radius 1 is 1.00 bits per heavy atom. The quantitative estimate of drug-likeness (QED) is 0.740. The van der Waals surface area contributed by atoms with Crippen LogP contribution in [0.15, 0.2) is 48.5 Å². The van der Waals surface area contributed by atoms with Crippen molar-refractivity contribution in [3.05, 3.63) is 71.0 Å². The molecule has 0 spiro atoms. The number of carbonyl (C=O) groups is 2. The van der Waals surface area contributed by atoms with Crippen molar-refractivity contribution in [1.82, 2.24) is 10.2 Å². The number of likely N-dealkylation sites (tertiary alicyclic amines) is 1. The second kappa shape index (κ2) is 9.60. The van der Waals surface area contributed by atoms with Gasteiger partial charge in [0.15, 0.2) is 5.78 Å². The summed E-state index contributed by atoms with van der Waals surface area (Å²) < 4.78 is 13.0. The van der Waals surface area contributed by atoms with Gasteiger partial charge in [0.05, 0.1) is 0 Å². The number of aryl methyl sites for hydroxylation is 1. The molecule has 0 aliphatic carbocycles. The number of hydrogen-bond donors (Lipinski definition) is 1. The third kappa shape index (κ3) is 5.99. The number of nitrogens with one attached hydrogen (secondary N) is 1. The standard InChI is InChI=1S/C23H27FN2O2/c1-17-2-6-19(7-3-17)22(27)10-11-23(28)25-21-12-14-26(15-13-21)16-18-4-8-20(24)9-5-18/h2-9,21H,10-16H2,1H3,(H,25,28). The summed E-state index contributed by atoms with van der Waals surface area (Å²) in [5.41, 5.74) is 2.87. The molecule has 1 N–H and O–H groups in total. The zero-order chi connectivity index (χ0) is 19.9. The molecule has 2 aromatic carbocycles. The highest BCUT2D eigenvalue weighted by Gasteiger charge is 2.21. The molecule has 0 saturated carbocycles. The van der Waals surface area contributed by atoms with Crippen LogP contribution in [0.1, 0.15) is 47.2 Å². The Morgan fingerprint density at radius 3 is 2.29 bits per heavy atom. The summed E-state index contributed by atoms with van der Waals surface area (Å²) in [5.74, 6) is -0.271. The highest BCUT2D eigenvalue weighted by Crippen LogP contribution is 2.15. The Kier molecular flexibility index (Phi) is 6.93. The first-order valence-corrected chi connectivity index (χ1v) is 9.85. The highest BCUT2D eigenvalue weighted by molar-refractivity contribution is 5.97. The number of halogens is 1. The van der Waals surface area contributed by atoms with E-state index in [0.717, 1.165) is 43.6 Å². The number of ketones is 1. The van der Waals surface area contributed by atoms with E-state index < -0.39 is 0 Å². The van der Waals surface area contributed by atoms with Crippen LogP contribution in [0.3, 0.4) is 0 Å². The molecule has 0 bridgehead atoms. The van der Waals surface area contributed by atoms with Gasteiger partial charge in [-0.05, 0) is 37.5 Å². The average Bonchev–Trinajstić information content (AvgIpc) is 2.70. The molecule has 1 heterocycles. The molecule has 1 fully saturated rings. The van der Waals surface area contributed by atoms with Gasteiger partial charge in [-0.1, -0.05) is 42.0 Å². The van der Waals surface area contributed by atoms with Gasteiger partial charge in [0.1, 0.15) is 5.82 Å². The molecule has 0 aromatic heterocycles. The minimum atomic E-state index is -0.217. The van der Waals surface area contributed by atoms with Crippen molar-refractivity contribution in [3.8, 4) is 0 Å². The first-order valence-electron chi connectivity index (χ1n) is 9.85. The van der Waals surface area contributed by atoms with Crippen LogP contribution in [0.2, 0.25) is 0 Å². The molecular weight excluding hydrogens is 355 g/mol. The topological polar surface area (TPSA) is 49.4 Å². The van der Waals surface area contributed by atoms with Gasteiger partial charge in [-0.25, -0.2) is 4.39 Å². The second-order valence-electron chi connectivity index (χ2n) is 7.53. The molecule has 1 amide bonds. The van der Waals surface area contributed by atoms with Gasteiger partial charge in [-0.15, -0.1) is 0 Å². The smallest absolute Gasteiger partial charge is 0.220 e. The van der Waals surface area contributed by atoms with E-state index in [0.29, 0.717) is 5.56 Å². The van der Waals surface area contributed by atoms with E-state index in [9.17, 15) is 14.0 Å². The van der Waals surface area contributed by atoms with Crippen LogP contribution in [0.25, 0.3) is 0 Å². The van der Waals surface area contributed by atoms with Crippen LogP contribution in [-0.2, 0) is 11.3 Å². The maximum Gasteiger partial charge on any atom is 0.220 e. The number of carbonyl (C=O) groups excluding carboxylic acids is 2. The Labute approximate surface area is 165 Å². The largest absolute Gasteiger partial charge is 0.353 e. The van der Waals surface area contributed by atoms with Crippen molar-refractivity contribution in [2.75, 3.05) is 13.1 Å². The predicted octanol–water partition coefficient (Wildman–Crippen LogP) is 3.88. The van der Waals surface area contributed by atoms with E-state index >= 15 is 0 Å². The summed E-state index contributed by atoms with van der Waals surface area (Å²) in [6, 6.07) is 14.2. The lowest BCUT2D eigenvalue weighted by Gasteiger charge is -2.32. The zero-order valence-corrected chi connectivity index (χ0v) is 16.3. The number of Topliss-reactive ketones (excluding diaryl/α,β-unsaturated/α-hetero) is 1. The van der Waals surface area contributed by atoms with E-state index in [1.807, 2.05) is 43.3 Å². The summed E-state index contributed by atoms with van der Waals surface area (Å²) in [7, 11) is 0. The van der Waals surface area contributed by atoms with E-state index in [1.54, 1.807) is 0 Å². The molecule has 2 aromatic rings. The molecule has 3 rings (SSSR count). The molecule has 0 radical (unpaired) electrons. The van der Waals surface area contributed by atoms with Gasteiger partial charge >= 0.3 is 0 Å². The van der Waals surface area contributed by atoms with Crippen LogP contribution in [-0.4, -0.2) is 35.7 Å². The SMILES string of the molecule is Cc1ccc(C(=O)CCC(=O)NC2CCN(Cc3ccc(F)cc3)CC2)cc1. The number of benzene rings is 2. The Hall–Kier alpha value is -2.53. The van der Waals surface area contributed by atoms with Crippen LogP contribution >= 0.6 is 0 Å². The lowest BCUT2D eigenvalue weighted by Crippen LogP contribution is -2.44. The van der Waals surface area contributed by atoms with Gasteiger partial charge in [0.25, 0.3) is 0 Å². The van der Waals surface area contributed by atoms with Crippen LogP contribution in [0.4, 0.5) is 4.39 Å². The number of rotatable bonds is 7. The third-order valence-electron chi connectivity index (χ3n) is 5.22. The fourth-order valence-electron chi connectivity index (χ4n) is 3.49. The lowest BCUT2D eigenvalue weighted by molar-refractivity contribution is -0.122. The maximum absolute atomic E-state index is 13.0. The molecular formula is C23H27FN2O2. The maximum atomic E-state index is 13.0. The van der Waals surface area contributed by atoms with Crippen molar-refractivity contribution in [1.29, 1.82) is 0 Å². The zero-order valence-electron chi connectivity index (χ0n) is 16.3. The third-order valence-corrected chi connectivity index (χ3v) is 5.22. The van der Waals surface area contributed by atoms with Crippen molar-refractivity contribution in [3.63, 3.8) is 0 Å². The van der Waals surface area contributed by atoms with Gasteiger partial charge in [-0.3, -0.25) is 14.5 Å². The Balaban J connectivity index is 1.37. The molecule has 0 atom stereocenters. The predicted molar refractivity (Wildman–Crippen MR) is 108 cm³/mol. The van der Waals surface area contributed by atoms with Crippen molar-refractivity contribution in [2.45, 2.75) is 45.2 Å². The van der Waals surface area contributed by atoms with Crippen LogP contribution in [0, 0.1) is 12.7 Å². The minimum absolute atomic E-state index is 0.00395. The number of nitrogens with zero attached hydrogens (tertiary/aromatic N) is 1. The molecule has 0 unspecified atom stereocenters. The van der Waals surface area contributed by atoms with E-state index in [2.05, 4.69) is 10.2 Å². The average molecular weight is 382 g/mol. The monoisotopic (exact) mass is 382 g/mol. The van der Waals surface area contributed by atoms with Crippen molar-refractivity contribution < 1.29 is 14.0 Å². The summed E-state index contributed by atoms with van der Waals surface area (Å²) in [6.07, 6.45) is 2.23. The molecule has 1 saturated heterocycles. The Morgan fingerprint density at radius 2 is 1.64 bits per heavy atom. The van der Waals surface area contributed by atoms with Gasteiger partial charge in [-0.2, -0.15) is 0 Å². The van der Waals surface area contributed by atoms with Gasteiger partial charge in [0, 0.05) is 44.1 Å². The fourth-order valence-corrected chi connectivity index (χ4v) is 3.49. The molecule has 4 nitrogen and oxygen atoms in total. The molecule has 5 heteroatoms. The second-order valence-corrected chi connectivity index (χ2v) is 7.53. The number of hydrogen-bond acceptors (Lipinski definition) is 3. The van der Waals surface area contributed by atoms with Gasteiger partial charge in [0.2, 0.25) is 5.91 Å². The minimum Gasteiger partial charge on any atom is -0.353 e. The van der Waals surface area contributed by atoms with Gasteiger partial charge < -0.3 is 5.32 Å². The van der Waals surface area contributed by atoms with Crippen molar-refractivity contribution in [2.24, 2.45) is 0 Å². The summed E-state index contributed by atoms with van der Waals surface area (Å²) in [4.78, 5) is 26.7. The normalized spacial score (nSPS) is 15.4. The number of amides is 1. The first kappa shape index (κ1) is 20.2. The molecule has 1 aliphatic heterocycles. The Bertz CT molecular complexity index is 794. The van der Waals surface area contributed by atoms with E-state index in [4.69, 9.17) is 0 Å². The van der Waals surface area contributed by atoms with E-state index in [-0.39, 0.29) is 36.4 Å². The molecule has 1 aliphatic rings. The number of piperidine rings is 1. The van der Waals surface area contributed by atoms with Crippen LogP contribution < -0.4 is 5.32 Å².